The standard InChI is InChI=1S/C22H27ClN7OP/c1-29-13-22(14-29)8-16(9-22)30-12-15(10-25-30)26-21-24-11-17(23)20(28-21)27-18-6-4-5-7-19(18)32(2,3)31/h4-7,10-12,16H,8-9,13-14H2,1-3H3,(H2,24,26,27,28). The molecule has 3 aromatic rings. The van der Waals surface area contributed by atoms with Crippen LogP contribution in [-0.2, 0) is 4.57 Å². The van der Waals surface area contributed by atoms with Gasteiger partial charge in [-0.25, -0.2) is 4.98 Å². The summed E-state index contributed by atoms with van der Waals surface area (Å²) in [6, 6.07) is 7.95. The summed E-state index contributed by atoms with van der Waals surface area (Å²) in [5.74, 6) is 0.864. The van der Waals surface area contributed by atoms with Crippen molar-refractivity contribution in [2.75, 3.05) is 44.1 Å². The van der Waals surface area contributed by atoms with Crippen LogP contribution in [0.1, 0.15) is 18.9 Å². The molecule has 1 saturated carbocycles. The average molecular weight is 472 g/mol. The fraction of sp³-hybridized carbons (Fsp3) is 0.409. The van der Waals surface area contributed by atoms with E-state index >= 15 is 0 Å². The van der Waals surface area contributed by atoms with Crippen LogP contribution < -0.4 is 15.9 Å². The normalized spacial score (nSPS) is 18.2. The van der Waals surface area contributed by atoms with Gasteiger partial charge in [-0.15, -0.1) is 0 Å². The number of rotatable bonds is 6. The van der Waals surface area contributed by atoms with Crippen LogP contribution in [-0.4, -0.2) is 58.1 Å². The van der Waals surface area contributed by atoms with Gasteiger partial charge in [-0.3, -0.25) is 4.68 Å². The van der Waals surface area contributed by atoms with Gasteiger partial charge < -0.3 is 20.1 Å². The van der Waals surface area contributed by atoms with Crippen molar-refractivity contribution >= 4 is 47.2 Å². The van der Waals surface area contributed by atoms with E-state index in [1.54, 1.807) is 25.7 Å². The molecule has 1 aliphatic heterocycles. The minimum Gasteiger partial charge on any atom is -0.338 e. The van der Waals surface area contributed by atoms with Gasteiger partial charge >= 0.3 is 0 Å². The number of nitrogens with one attached hydrogen (secondary N) is 2. The van der Waals surface area contributed by atoms with Crippen molar-refractivity contribution in [1.29, 1.82) is 0 Å². The van der Waals surface area contributed by atoms with E-state index in [1.165, 1.54) is 25.9 Å². The maximum Gasteiger partial charge on any atom is 0.229 e. The molecule has 0 radical (unpaired) electrons. The minimum absolute atomic E-state index is 0.383. The molecule has 2 aliphatic rings. The lowest BCUT2D eigenvalue weighted by Crippen LogP contribution is -2.60. The highest BCUT2D eigenvalue weighted by Crippen LogP contribution is 2.53. The number of benzene rings is 1. The van der Waals surface area contributed by atoms with E-state index in [9.17, 15) is 4.57 Å². The summed E-state index contributed by atoms with van der Waals surface area (Å²) >= 11 is 6.34. The molecule has 0 atom stereocenters. The summed E-state index contributed by atoms with van der Waals surface area (Å²) < 4.78 is 14.7. The molecule has 2 aromatic heterocycles. The predicted octanol–water partition coefficient (Wildman–Crippen LogP) is 4.33. The predicted molar refractivity (Wildman–Crippen MR) is 130 cm³/mol. The summed E-state index contributed by atoms with van der Waals surface area (Å²) in [7, 11) is -0.296. The molecule has 1 spiro atoms. The summed E-state index contributed by atoms with van der Waals surface area (Å²) in [5, 5.41) is 12.1. The van der Waals surface area contributed by atoms with Crippen LogP contribution >= 0.6 is 18.7 Å². The van der Waals surface area contributed by atoms with Crippen molar-refractivity contribution in [1.82, 2.24) is 24.6 Å². The maximum absolute atomic E-state index is 12.7. The molecule has 5 rings (SSSR count). The highest BCUT2D eigenvalue weighted by molar-refractivity contribution is 7.70. The van der Waals surface area contributed by atoms with Crippen molar-refractivity contribution in [3.63, 3.8) is 0 Å². The number of nitrogens with zero attached hydrogens (tertiary/aromatic N) is 5. The number of para-hydroxylation sites is 1. The van der Waals surface area contributed by atoms with Gasteiger partial charge in [-0.2, -0.15) is 10.1 Å². The third-order valence-corrected chi connectivity index (χ3v) is 8.09. The Morgan fingerprint density at radius 1 is 1.16 bits per heavy atom. The molecule has 1 aliphatic carbocycles. The summed E-state index contributed by atoms with van der Waals surface area (Å²) in [5.41, 5.74) is 2.06. The van der Waals surface area contributed by atoms with Crippen LogP contribution in [0.2, 0.25) is 5.02 Å². The molecule has 0 amide bonds. The number of hydrogen-bond acceptors (Lipinski definition) is 7. The van der Waals surface area contributed by atoms with Crippen molar-refractivity contribution in [3.05, 3.63) is 47.9 Å². The second-order valence-electron chi connectivity index (χ2n) is 9.45. The van der Waals surface area contributed by atoms with Gasteiger partial charge in [0, 0.05) is 24.6 Å². The Kier molecular flexibility index (Phi) is 5.27. The molecule has 2 fully saturated rings. The van der Waals surface area contributed by atoms with E-state index in [2.05, 4.69) is 37.6 Å². The van der Waals surface area contributed by atoms with E-state index in [4.69, 9.17) is 11.6 Å². The topological polar surface area (TPSA) is 88.0 Å². The monoisotopic (exact) mass is 471 g/mol. The first-order valence-electron chi connectivity index (χ1n) is 10.6. The first-order chi connectivity index (χ1) is 15.2. The molecule has 0 bridgehead atoms. The van der Waals surface area contributed by atoms with Gasteiger partial charge in [0.15, 0.2) is 5.82 Å². The number of anilines is 4. The van der Waals surface area contributed by atoms with Crippen LogP contribution in [0.3, 0.4) is 0 Å². The molecule has 10 heteroatoms. The quantitative estimate of drug-likeness (QED) is 0.517. The number of aromatic nitrogens is 4. The number of likely N-dealkylation sites (tertiary alicyclic amines) is 1. The highest BCUT2D eigenvalue weighted by Gasteiger charge is 2.51. The molecule has 0 unspecified atom stereocenters. The third-order valence-electron chi connectivity index (χ3n) is 6.26. The van der Waals surface area contributed by atoms with Crippen LogP contribution in [0, 0.1) is 5.41 Å². The first kappa shape index (κ1) is 21.4. The zero-order valence-corrected chi connectivity index (χ0v) is 20.1. The summed E-state index contributed by atoms with van der Waals surface area (Å²) in [6.45, 7) is 5.87. The molecule has 1 saturated heterocycles. The Labute approximate surface area is 192 Å². The molecule has 32 heavy (non-hydrogen) atoms. The molecule has 1 aromatic carbocycles. The Hall–Kier alpha value is -2.41. The van der Waals surface area contributed by atoms with E-state index in [0.29, 0.717) is 28.2 Å². The van der Waals surface area contributed by atoms with Gasteiger partial charge in [0.05, 0.1) is 29.8 Å². The van der Waals surface area contributed by atoms with Crippen molar-refractivity contribution in [2.45, 2.75) is 18.9 Å². The second-order valence-corrected chi connectivity index (χ2v) is 13.0. The van der Waals surface area contributed by atoms with Crippen molar-refractivity contribution < 1.29 is 4.57 Å². The average Bonchev–Trinajstić information content (AvgIpc) is 3.13. The lowest BCUT2D eigenvalue weighted by atomic mass is 9.61. The molecular weight excluding hydrogens is 445 g/mol. The first-order valence-corrected chi connectivity index (χ1v) is 13.6. The Morgan fingerprint density at radius 2 is 1.91 bits per heavy atom. The van der Waals surface area contributed by atoms with Gasteiger partial charge in [0.25, 0.3) is 0 Å². The summed E-state index contributed by atoms with van der Waals surface area (Å²) in [4.78, 5) is 11.2. The maximum atomic E-state index is 12.7. The van der Waals surface area contributed by atoms with Crippen molar-refractivity contribution in [3.8, 4) is 0 Å². The van der Waals surface area contributed by atoms with Crippen molar-refractivity contribution in [2.24, 2.45) is 5.41 Å². The van der Waals surface area contributed by atoms with E-state index in [0.717, 1.165) is 16.7 Å². The zero-order valence-electron chi connectivity index (χ0n) is 18.4. The minimum atomic E-state index is -2.47. The van der Waals surface area contributed by atoms with Gasteiger partial charge in [-0.1, -0.05) is 23.7 Å². The number of hydrogen-bond donors (Lipinski definition) is 2. The van der Waals surface area contributed by atoms with E-state index < -0.39 is 7.14 Å². The van der Waals surface area contributed by atoms with Gasteiger partial charge in [0.1, 0.15) is 12.2 Å². The second kappa shape index (κ2) is 7.87. The third kappa shape index (κ3) is 4.15. The Balaban J connectivity index is 1.29. The SMILES string of the molecule is CN1CC2(CC(n3cc(Nc4ncc(Cl)c(Nc5ccccc5P(C)(C)=O)n4)cn3)C2)C1. The largest absolute Gasteiger partial charge is 0.338 e. The molecular formula is C22H27ClN7OP. The fourth-order valence-corrected chi connectivity index (χ4v) is 6.20. The number of halogens is 1. The molecule has 8 nitrogen and oxygen atoms in total. The lowest BCUT2D eigenvalue weighted by molar-refractivity contribution is -0.0786. The summed E-state index contributed by atoms with van der Waals surface area (Å²) in [6.07, 6.45) is 7.71. The molecule has 3 heterocycles. The van der Waals surface area contributed by atoms with Crippen LogP contribution in [0.25, 0.3) is 0 Å². The van der Waals surface area contributed by atoms with Crippen LogP contribution in [0.5, 0.6) is 0 Å². The zero-order chi connectivity index (χ0) is 22.5. The van der Waals surface area contributed by atoms with Crippen LogP contribution in [0.4, 0.5) is 23.1 Å². The van der Waals surface area contributed by atoms with E-state index in [-0.39, 0.29) is 0 Å². The Bertz CT molecular complexity index is 1190. The molecule has 168 valence electrons. The van der Waals surface area contributed by atoms with E-state index in [1.807, 2.05) is 35.1 Å². The van der Waals surface area contributed by atoms with Gasteiger partial charge in [0.2, 0.25) is 5.95 Å². The molecule has 2 N–H and O–H groups in total. The van der Waals surface area contributed by atoms with Crippen LogP contribution in [0.15, 0.2) is 42.9 Å². The Morgan fingerprint density at radius 3 is 2.62 bits per heavy atom. The highest BCUT2D eigenvalue weighted by atomic mass is 35.5. The smallest absolute Gasteiger partial charge is 0.229 e. The lowest BCUT2D eigenvalue weighted by Gasteiger charge is -2.58. The van der Waals surface area contributed by atoms with Gasteiger partial charge in [-0.05, 0) is 50.8 Å². The fourth-order valence-electron chi connectivity index (χ4n) is 4.91.